The van der Waals surface area contributed by atoms with Crippen molar-refractivity contribution in [3.63, 3.8) is 0 Å². The van der Waals surface area contributed by atoms with E-state index in [9.17, 15) is 9.18 Å². The number of rotatable bonds is 4. The zero-order chi connectivity index (χ0) is 15.5. The second kappa shape index (κ2) is 5.86. The number of nitrogens with zero attached hydrogens (tertiary/aromatic N) is 4. The van der Waals surface area contributed by atoms with Crippen LogP contribution >= 0.6 is 11.3 Å². The van der Waals surface area contributed by atoms with Gasteiger partial charge in [-0.3, -0.25) is 0 Å². The molecule has 0 aliphatic heterocycles. The lowest BCUT2D eigenvalue weighted by Crippen LogP contribution is -1.98. The number of carboxylic acid groups (broad SMARTS) is 1. The third-order valence-corrected chi connectivity index (χ3v) is 3.74. The van der Waals surface area contributed by atoms with Crippen LogP contribution in [-0.2, 0) is 0 Å². The molecule has 1 aromatic carbocycles. The maximum atomic E-state index is 14.0. The van der Waals surface area contributed by atoms with Gasteiger partial charge in [-0.15, -0.1) is 11.3 Å². The Morgan fingerprint density at radius 3 is 2.86 bits per heavy atom. The predicted octanol–water partition coefficient (Wildman–Crippen LogP) is 2.73. The molecule has 1 N–H and O–H groups in total. The highest BCUT2D eigenvalue weighted by Crippen LogP contribution is 2.18. The Kier molecular flexibility index (Phi) is 3.75. The molecule has 0 unspecified atom stereocenters. The topological polar surface area (TPSA) is 80.9 Å². The molecule has 2 heterocycles. The highest BCUT2D eigenvalue weighted by molar-refractivity contribution is 7.14. The molecule has 0 bridgehead atoms. The van der Waals surface area contributed by atoms with Gasteiger partial charge in [0.1, 0.15) is 34.0 Å². The largest absolute Gasteiger partial charge is 0.477 e. The first kappa shape index (κ1) is 14.1. The van der Waals surface area contributed by atoms with Gasteiger partial charge in [-0.25, -0.2) is 23.8 Å². The summed E-state index contributed by atoms with van der Waals surface area (Å²) in [6.07, 6.45) is 7.34. The molecule has 0 aliphatic rings. The van der Waals surface area contributed by atoms with Crippen molar-refractivity contribution in [1.29, 1.82) is 0 Å². The molecule has 0 amide bonds. The molecule has 0 saturated heterocycles. The minimum Gasteiger partial charge on any atom is -0.477 e. The molecular weight excluding hydrogens is 307 g/mol. The van der Waals surface area contributed by atoms with Gasteiger partial charge in [-0.1, -0.05) is 12.1 Å². The summed E-state index contributed by atoms with van der Waals surface area (Å²) in [5, 5.41) is 13.2. The Morgan fingerprint density at radius 2 is 2.23 bits per heavy atom. The zero-order valence-corrected chi connectivity index (χ0v) is 11.9. The Hall–Kier alpha value is -2.87. The summed E-state index contributed by atoms with van der Waals surface area (Å²) in [6.45, 7) is 0. The van der Waals surface area contributed by atoms with Gasteiger partial charge in [0.05, 0.1) is 6.20 Å². The highest BCUT2D eigenvalue weighted by atomic mass is 32.1. The molecule has 0 fully saturated rings. The third kappa shape index (κ3) is 2.91. The van der Waals surface area contributed by atoms with Crippen LogP contribution < -0.4 is 0 Å². The minimum atomic E-state index is -1.01. The third-order valence-electron chi connectivity index (χ3n) is 2.79. The maximum Gasteiger partial charge on any atom is 0.347 e. The molecule has 6 nitrogen and oxygen atoms in total. The Labute approximate surface area is 128 Å². The summed E-state index contributed by atoms with van der Waals surface area (Å²) in [7, 11) is 0. The summed E-state index contributed by atoms with van der Waals surface area (Å²) < 4.78 is 15.4. The zero-order valence-electron chi connectivity index (χ0n) is 11.0. The Morgan fingerprint density at radius 1 is 1.36 bits per heavy atom. The number of carboxylic acids is 1. The van der Waals surface area contributed by atoms with Gasteiger partial charge in [-0.2, -0.15) is 5.10 Å². The van der Waals surface area contributed by atoms with Crippen LogP contribution in [0.2, 0.25) is 0 Å². The molecule has 2 aromatic heterocycles. The predicted molar refractivity (Wildman–Crippen MR) is 79.3 cm³/mol. The van der Waals surface area contributed by atoms with Gasteiger partial charge >= 0.3 is 5.97 Å². The van der Waals surface area contributed by atoms with Gasteiger partial charge in [0.2, 0.25) is 0 Å². The van der Waals surface area contributed by atoms with Crippen molar-refractivity contribution >= 4 is 29.5 Å². The van der Waals surface area contributed by atoms with E-state index < -0.39 is 11.8 Å². The molecule has 0 radical (unpaired) electrons. The lowest BCUT2D eigenvalue weighted by Gasteiger charge is -2.03. The van der Waals surface area contributed by atoms with E-state index in [4.69, 9.17) is 5.11 Å². The first-order chi connectivity index (χ1) is 10.6. The van der Waals surface area contributed by atoms with Crippen molar-refractivity contribution in [2.45, 2.75) is 0 Å². The second-order valence-corrected chi connectivity index (χ2v) is 5.31. The van der Waals surface area contributed by atoms with E-state index in [1.165, 1.54) is 29.6 Å². The Balaban J connectivity index is 1.82. The monoisotopic (exact) mass is 316 g/mol. The van der Waals surface area contributed by atoms with Crippen LogP contribution in [0.3, 0.4) is 0 Å². The molecule has 0 aliphatic carbocycles. The molecule has 0 spiro atoms. The molecular formula is C14H9FN4O2S. The number of hydrogen-bond donors (Lipinski definition) is 1. The van der Waals surface area contributed by atoms with Gasteiger partial charge in [0.25, 0.3) is 0 Å². The fraction of sp³-hybridized carbons (Fsp3) is 0. The van der Waals surface area contributed by atoms with E-state index in [0.717, 1.165) is 11.3 Å². The van der Waals surface area contributed by atoms with Crippen molar-refractivity contribution in [3.8, 4) is 5.69 Å². The van der Waals surface area contributed by atoms with Crippen molar-refractivity contribution in [1.82, 2.24) is 19.7 Å². The van der Waals surface area contributed by atoms with Gasteiger partial charge < -0.3 is 5.11 Å². The molecule has 22 heavy (non-hydrogen) atoms. The summed E-state index contributed by atoms with van der Waals surface area (Å²) >= 11 is 1.05. The van der Waals surface area contributed by atoms with Crippen molar-refractivity contribution in [3.05, 3.63) is 58.3 Å². The number of carbonyl (C=O) groups is 1. The van der Waals surface area contributed by atoms with Crippen LogP contribution in [-0.4, -0.2) is 30.8 Å². The van der Waals surface area contributed by atoms with Crippen LogP contribution in [0, 0.1) is 5.82 Å². The number of aromatic nitrogens is 4. The lowest BCUT2D eigenvalue weighted by molar-refractivity contribution is 0.0702. The van der Waals surface area contributed by atoms with Crippen LogP contribution in [0.4, 0.5) is 4.39 Å². The van der Waals surface area contributed by atoms with E-state index in [2.05, 4.69) is 15.1 Å². The number of aromatic carboxylic acids is 1. The van der Waals surface area contributed by atoms with E-state index >= 15 is 0 Å². The van der Waals surface area contributed by atoms with E-state index in [1.54, 1.807) is 24.3 Å². The van der Waals surface area contributed by atoms with Crippen LogP contribution in [0.25, 0.3) is 17.8 Å². The summed E-state index contributed by atoms with van der Waals surface area (Å²) in [5.41, 5.74) is 0.936. The fourth-order valence-electron chi connectivity index (χ4n) is 1.78. The maximum absolute atomic E-state index is 14.0. The number of halogens is 1. The first-order valence-electron chi connectivity index (χ1n) is 6.15. The summed E-state index contributed by atoms with van der Waals surface area (Å²) in [5.74, 6) is -1.45. The van der Waals surface area contributed by atoms with Gasteiger partial charge in [0, 0.05) is 0 Å². The average molecular weight is 316 g/mol. The average Bonchev–Trinajstić information content (AvgIpc) is 3.17. The van der Waals surface area contributed by atoms with Crippen molar-refractivity contribution in [2.75, 3.05) is 0 Å². The van der Waals surface area contributed by atoms with Gasteiger partial charge in [0.15, 0.2) is 0 Å². The normalized spacial score (nSPS) is 11.1. The van der Waals surface area contributed by atoms with E-state index in [0.29, 0.717) is 16.3 Å². The fourth-order valence-corrected chi connectivity index (χ4v) is 2.44. The lowest BCUT2D eigenvalue weighted by atomic mass is 10.2. The number of thiazole rings is 1. The number of hydrogen-bond acceptors (Lipinski definition) is 5. The summed E-state index contributed by atoms with van der Waals surface area (Å²) in [4.78, 5) is 18.7. The SMILES string of the molecule is O=C(O)c1cnc(/C=C\c2ccc(-n3cncn3)c(F)c2)s1. The molecule has 0 atom stereocenters. The molecule has 8 heteroatoms. The standard InChI is InChI=1S/C14H9FN4O2S/c15-10-5-9(1-3-11(10)19-8-16-7-18-19)2-4-13-17-6-12(22-13)14(20)21/h1-8H,(H,20,21)/b4-2-. The summed E-state index contributed by atoms with van der Waals surface area (Å²) in [6, 6.07) is 4.68. The number of benzene rings is 1. The minimum absolute atomic E-state index is 0.160. The van der Waals surface area contributed by atoms with Crippen LogP contribution in [0.5, 0.6) is 0 Å². The second-order valence-electron chi connectivity index (χ2n) is 4.25. The molecule has 110 valence electrons. The smallest absolute Gasteiger partial charge is 0.347 e. The molecule has 3 aromatic rings. The molecule has 0 saturated carbocycles. The quantitative estimate of drug-likeness (QED) is 0.800. The Bertz CT molecular complexity index is 842. The molecule has 3 rings (SSSR count). The van der Waals surface area contributed by atoms with Crippen molar-refractivity contribution < 1.29 is 14.3 Å². The van der Waals surface area contributed by atoms with Crippen molar-refractivity contribution in [2.24, 2.45) is 0 Å². The van der Waals surface area contributed by atoms with Crippen LogP contribution in [0.15, 0.2) is 37.1 Å². The van der Waals surface area contributed by atoms with Gasteiger partial charge in [-0.05, 0) is 23.8 Å². The van der Waals surface area contributed by atoms with E-state index in [1.807, 2.05) is 0 Å². The highest BCUT2D eigenvalue weighted by Gasteiger charge is 2.07. The van der Waals surface area contributed by atoms with E-state index in [-0.39, 0.29) is 4.88 Å². The van der Waals surface area contributed by atoms with Crippen LogP contribution in [0.1, 0.15) is 20.2 Å². The first-order valence-corrected chi connectivity index (χ1v) is 6.97.